The fourth-order valence-corrected chi connectivity index (χ4v) is 9.15. The molecule has 0 aliphatic heterocycles. The Morgan fingerprint density at radius 3 is 0.329 bits per heavy atom. The van der Waals surface area contributed by atoms with Crippen molar-refractivity contribution in [1.82, 2.24) is 0 Å². The minimum Gasteiger partial charge on any atom is -0.550 e. The van der Waals surface area contributed by atoms with Gasteiger partial charge in [-0.1, -0.05) is 336 Å². The molecule has 76 heavy (non-hydrogen) atoms. The number of carboxylic acid groups (broad SMARTS) is 4. The summed E-state index contributed by atoms with van der Waals surface area (Å²) in [5.74, 6) is -3.62. The van der Waals surface area contributed by atoms with Crippen LogP contribution in [0.5, 0.6) is 0 Å². The Morgan fingerprint density at radius 2 is 0.250 bits per heavy atom. The molecule has 0 rings (SSSR count). The van der Waals surface area contributed by atoms with Crippen LogP contribution in [0.3, 0.4) is 0 Å². The van der Waals surface area contributed by atoms with Crippen molar-refractivity contribution in [3.63, 3.8) is 0 Å². The van der Waals surface area contributed by atoms with Crippen molar-refractivity contribution in [2.24, 2.45) is 0 Å². The van der Waals surface area contributed by atoms with Gasteiger partial charge in [0, 0.05) is 23.9 Å². The molecule has 0 spiro atoms. The van der Waals surface area contributed by atoms with Gasteiger partial charge in [0.2, 0.25) is 0 Å². The summed E-state index contributed by atoms with van der Waals surface area (Å²) in [6, 6.07) is 0. The average molecular weight is 1110 g/mol. The molecule has 0 N–H and O–H groups in total. The van der Waals surface area contributed by atoms with Gasteiger partial charge in [0.25, 0.3) is 0 Å². The molecular formula is C64H124Na4O8. The van der Waals surface area contributed by atoms with E-state index in [4.69, 9.17) is 0 Å². The van der Waals surface area contributed by atoms with E-state index in [1.807, 2.05) is 0 Å². The Kier molecular flexibility index (Phi) is 112. The number of hydrogen-bond acceptors (Lipinski definition) is 8. The first-order valence-corrected chi connectivity index (χ1v) is 31.9. The molecule has 0 aliphatic carbocycles. The van der Waals surface area contributed by atoms with Crippen LogP contribution in [0.2, 0.25) is 0 Å². The number of aliphatic carboxylic acids is 4. The largest absolute Gasteiger partial charge is 1.00 e. The fraction of sp³-hybridized carbons (Fsp3) is 0.938. The zero-order chi connectivity index (χ0) is 53.9. The first-order chi connectivity index (χ1) is 35.1. The minimum atomic E-state index is -0.905. The van der Waals surface area contributed by atoms with E-state index >= 15 is 0 Å². The van der Waals surface area contributed by atoms with Gasteiger partial charge in [-0.3, -0.25) is 0 Å². The average Bonchev–Trinajstić information content (AvgIpc) is 3.35. The molecule has 0 unspecified atom stereocenters. The second kappa shape index (κ2) is 90.6. The monoisotopic (exact) mass is 1110 g/mol. The zero-order valence-electron chi connectivity index (χ0n) is 52.9. The quantitative estimate of drug-likeness (QED) is 0.0616. The number of unbranched alkanes of at least 4 members (excludes halogenated alkanes) is 48. The van der Waals surface area contributed by atoms with Crippen molar-refractivity contribution in [1.29, 1.82) is 0 Å². The van der Waals surface area contributed by atoms with E-state index in [2.05, 4.69) is 27.7 Å². The molecule has 0 aromatic carbocycles. The third-order valence-corrected chi connectivity index (χ3v) is 13.9. The van der Waals surface area contributed by atoms with Crippen molar-refractivity contribution in [3.05, 3.63) is 0 Å². The molecule has 0 heterocycles. The van der Waals surface area contributed by atoms with Gasteiger partial charge in [-0.2, -0.15) is 0 Å². The van der Waals surface area contributed by atoms with Crippen LogP contribution in [0, 0.1) is 0 Å². The molecule has 12 heteroatoms. The summed E-state index contributed by atoms with van der Waals surface area (Å²) in [5, 5.41) is 40.8. The summed E-state index contributed by atoms with van der Waals surface area (Å²) in [4.78, 5) is 40.8. The second-order valence-electron chi connectivity index (χ2n) is 21.5. The summed E-state index contributed by atoms with van der Waals surface area (Å²) in [5.41, 5.74) is 0. The van der Waals surface area contributed by atoms with E-state index in [0.717, 1.165) is 51.4 Å². The van der Waals surface area contributed by atoms with Crippen LogP contribution in [0.15, 0.2) is 0 Å². The first-order valence-electron chi connectivity index (χ1n) is 31.9. The number of carbonyl (C=O) groups is 4. The summed E-state index contributed by atoms with van der Waals surface area (Å²) in [6.45, 7) is 9.03. The van der Waals surface area contributed by atoms with Gasteiger partial charge in [0.1, 0.15) is 0 Å². The van der Waals surface area contributed by atoms with Gasteiger partial charge in [-0.25, -0.2) is 0 Å². The van der Waals surface area contributed by atoms with Crippen LogP contribution < -0.4 is 139 Å². The molecule has 0 aromatic heterocycles. The van der Waals surface area contributed by atoms with Crippen molar-refractivity contribution in [3.8, 4) is 0 Å². The molecule has 0 atom stereocenters. The van der Waals surface area contributed by atoms with Gasteiger partial charge in [-0.15, -0.1) is 0 Å². The summed E-state index contributed by atoms with van der Waals surface area (Å²) in [7, 11) is 0. The third kappa shape index (κ3) is 111. The maximum absolute atomic E-state index is 10.2. The van der Waals surface area contributed by atoms with Crippen LogP contribution in [0.4, 0.5) is 0 Å². The number of rotatable bonds is 56. The Balaban J connectivity index is -0.000000133. The Labute approximate surface area is 562 Å². The Morgan fingerprint density at radius 1 is 0.171 bits per heavy atom. The van der Waals surface area contributed by atoms with Crippen LogP contribution in [0.1, 0.15) is 387 Å². The fourth-order valence-electron chi connectivity index (χ4n) is 9.15. The van der Waals surface area contributed by atoms with E-state index in [1.54, 1.807) is 0 Å². The van der Waals surface area contributed by atoms with Crippen LogP contribution in [0.25, 0.3) is 0 Å². The Hall–Kier alpha value is 1.88. The molecule has 8 nitrogen and oxygen atoms in total. The summed E-state index contributed by atoms with van der Waals surface area (Å²) in [6.07, 6.45) is 67.7. The molecule has 0 bridgehead atoms. The molecule has 0 amide bonds. The smallest absolute Gasteiger partial charge is 0.550 e. The van der Waals surface area contributed by atoms with Crippen molar-refractivity contribution >= 4 is 23.9 Å². The molecule has 432 valence electrons. The SMILES string of the molecule is CCCCCCCCCCCCCCCC(=O)[O-].CCCCCCCCCCCCCCCC(=O)[O-].CCCCCCCCCCCCCCCC(=O)[O-].CCCCCCCCCCCCCCCC(=O)[O-].[Na+].[Na+].[Na+].[Na+]. The van der Waals surface area contributed by atoms with Gasteiger partial charge >= 0.3 is 118 Å². The van der Waals surface area contributed by atoms with Crippen molar-refractivity contribution < 1.29 is 158 Å². The maximum atomic E-state index is 10.2. The predicted octanol–water partition coefficient (Wildman–Crippen LogP) is 4.89. The van der Waals surface area contributed by atoms with E-state index in [9.17, 15) is 39.6 Å². The first kappa shape index (κ1) is 94.3. The predicted molar refractivity (Wildman–Crippen MR) is 301 cm³/mol. The standard InChI is InChI=1S/4C16H32O2.4Na/c4*1-2-3-4-5-6-7-8-9-10-11-12-13-14-15-16(17)18;;;;/h4*2-15H2,1H3,(H,17,18);;;;/q;;;;4*+1/p-4. The van der Waals surface area contributed by atoms with Crippen molar-refractivity contribution in [2.75, 3.05) is 0 Å². The molecule has 0 radical (unpaired) electrons. The number of carboxylic acids is 4. The van der Waals surface area contributed by atoms with E-state index in [-0.39, 0.29) is 144 Å². The normalized spacial score (nSPS) is 10.2. The molecule has 0 fully saturated rings. The minimum absolute atomic E-state index is 0. The van der Waals surface area contributed by atoms with Crippen LogP contribution >= 0.6 is 0 Å². The number of hydrogen-bond donors (Lipinski definition) is 0. The molecule has 0 saturated carbocycles. The third-order valence-electron chi connectivity index (χ3n) is 13.9. The molecule has 0 aromatic rings. The second-order valence-corrected chi connectivity index (χ2v) is 21.5. The molecular weight excluding hydrogens is 989 g/mol. The van der Waals surface area contributed by atoms with Gasteiger partial charge in [-0.05, 0) is 51.4 Å². The zero-order valence-corrected chi connectivity index (χ0v) is 60.9. The van der Waals surface area contributed by atoms with Crippen LogP contribution in [-0.4, -0.2) is 23.9 Å². The summed E-state index contributed by atoms with van der Waals surface area (Å²) >= 11 is 0. The molecule has 0 saturated heterocycles. The molecule has 0 aliphatic rings. The maximum Gasteiger partial charge on any atom is 1.00 e. The number of carbonyl (C=O) groups excluding carboxylic acids is 4. The van der Waals surface area contributed by atoms with Crippen LogP contribution in [-0.2, 0) is 19.2 Å². The van der Waals surface area contributed by atoms with E-state index in [1.165, 1.54) is 283 Å². The summed E-state index contributed by atoms with van der Waals surface area (Å²) < 4.78 is 0. The van der Waals surface area contributed by atoms with Crippen molar-refractivity contribution in [2.45, 2.75) is 387 Å². The van der Waals surface area contributed by atoms with E-state index < -0.39 is 23.9 Å². The van der Waals surface area contributed by atoms with E-state index in [0.29, 0.717) is 0 Å². The van der Waals surface area contributed by atoms with Gasteiger partial charge in [0.05, 0.1) is 0 Å². The van der Waals surface area contributed by atoms with Gasteiger partial charge in [0.15, 0.2) is 0 Å². The van der Waals surface area contributed by atoms with Gasteiger partial charge < -0.3 is 39.6 Å². The topological polar surface area (TPSA) is 161 Å². The Bertz CT molecular complexity index is 894.